The molecule has 0 fully saturated rings. The zero-order chi connectivity index (χ0) is 21.6. The second-order valence-corrected chi connectivity index (χ2v) is 7.60. The Labute approximate surface area is 180 Å². The molecule has 3 aromatic rings. The smallest absolute Gasteiger partial charge is 0.304 e. The molecule has 0 saturated heterocycles. The monoisotopic (exact) mass is 416 g/mol. The molecule has 0 amide bonds. The first-order chi connectivity index (χ1) is 15.1. The molecule has 1 aliphatic rings. The fourth-order valence-electron chi connectivity index (χ4n) is 3.70. The van der Waals surface area contributed by atoms with E-state index in [1.807, 2.05) is 42.5 Å². The Kier molecular flexibility index (Phi) is 6.29. The van der Waals surface area contributed by atoms with E-state index in [4.69, 9.17) is 0 Å². The van der Waals surface area contributed by atoms with Gasteiger partial charge in [-0.15, -0.1) is 0 Å². The van der Waals surface area contributed by atoms with E-state index in [0.717, 1.165) is 36.3 Å². The molecule has 7 heteroatoms. The van der Waals surface area contributed by atoms with E-state index in [9.17, 15) is 15.0 Å². The Morgan fingerprint density at radius 3 is 2.87 bits per heavy atom. The van der Waals surface area contributed by atoms with Gasteiger partial charge in [0.1, 0.15) is 5.82 Å². The second kappa shape index (κ2) is 9.45. The zero-order valence-corrected chi connectivity index (χ0v) is 17.0. The number of carboxylic acids is 1. The number of anilines is 1. The Hall–Kier alpha value is -3.63. The van der Waals surface area contributed by atoms with E-state index in [1.165, 1.54) is 0 Å². The summed E-state index contributed by atoms with van der Waals surface area (Å²) in [5.74, 6) is 5.53. The van der Waals surface area contributed by atoms with Crippen molar-refractivity contribution in [3.05, 3.63) is 77.2 Å². The maximum atomic E-state index is 11.3. The highest BCUT2D eigenvalue weighted by Crippen LogP contribution is 2.23. The molecule has 1 aromatic carbocycles. The Morgan fingerprint density at radius 2 is 2.06 bits per heavy atom. The third-order valence-corrected chi connectivity index (χ3v) is 5.28. The molecule has 0 spiro atoms. The van der Waals surface area contributed by atoms with Crippen LogP contribution in [0.3, 0.4) is 0 Å². The molecular formula is C24H24N4O3. The molecule has 2 unspecified atom stereocenters. The van der Waals surface area contributed by atoms with Crippen molar-refractivity contribution in [1.82, 2.24) is 14.8 Å². The van der Waals surface area contributed by atoms with Gasteiger partial charge in [0.15, 0.2) is 6.10 Å². The van der Waals surface area contributed by atoms with Crippen LogP contribution in [0, 0.1) is 11.8 Å². The van der Waals surface area contributed by atoms with Crippen molar-refractivity contribution >= 4 is 11.8 Å². The number of hydrogen-bond donors (Lipinski definition) is 3. The maximum Gasteiger partial charge on any atom is 0.304 e. The van der Waals surface area contributed by atoms with Crippen molar-refractivity contribution in [1.29, 1.82) is 0 Å². The summed E-state index contributed by atoms with van der Waals surface area (Å²) in [6.45, 7) is 1.31. The number of aromatic nitrogens is 3. The highest BCUT2D eigenvalue weighted by molar-refractivity contribution is 5.68. The average molecular weight is 416 g/mol. The third-order valence-electron chi connectivity index (χ3n) is 5.28. The summed E-state index contributed by atoms with van der Waals surface area (Å²) in [4.78, 5) is 15.8. The first-order valence-electron chi connectivity index (χ1n) is 10.3. The van der Waals surface area contributed by atoms with Gasteiger partial charge in [-0.1, -0.05) is 48.2 Å². The normalized spacial score (nSPS) is 14.5. The molecule has 7 nitrogen and oxygen atoms in total. The fraction of sp³-hybridized carbons (Fsp3) is 0.292. The largest absolute Gasteiger partial charge is 0.481 e. The van der Waals surface area contributed by atoms with Crippen LogP contribution in [-0.4, -0.2) is 37.5 Å². The Morgan fingerprint density at radius 1 is 1.23 bits per heavy atom. The van der Waals surface area contributed by atoms with Gasteiger partial charge in [0, 0.05) is 25.2 Å². The van der Waals surface area contributed by atoms with Crippen molar-refractivity contribution in [2.45, 2.75) is 37.8 Å². The topological polar surface area (TPSA) is 100 Å². The standard InChI is InChI=1S/C24H24N4O3/c29-22(21-10-9-19-7-4-12-25-24(19)27-21)11-8-17-14-26-28(15-17)16-20(13-23(30)31)18-5-2-1-3-6-18/h1-3,5-6,9-10,14-15,20,22,29H,4,7,12-13,16H2,(H,25,27)(H,30,31). The van der Waals surface area contributed by atoms with E-state index in [0.29, 0.717) is 17.8 Å². The number of carbonyl (C=O) groups is 1. The van der Waals surface area contributed by atoms with Crippen LogP contribution >= 0.6 is 0 Å². The molecule has 4 rings (SSSR count). The van der Waals surface area contributed by atoms with E-state index < -0.39 is 12.1 Å². The van der Waals surface area contributed by atoms with Crippen LogP contribution in [0.15, 0.2) is 54.9 Å². The van der Waals surface area contributed by atoms with E-state index in [1.54, 1.807) is 17.1 Å². The van der Waals surface area contributed by atoms with Crippen molar-refractivity contribution in [3.63, 3.8) is 0 Å². The number of pyridine rings is 1. The number of aliphatic carboxylic acids is 1. The number of nitrogens with one attached hydrogen (secondary N) is 1. The minimum absolute atomic E-state index is 0.0155. The summed E-state index contributed by atoms with van der Waals surface area (Å²) >= 11 is 0. The van der Waals surface area contributed by atoms with Crippen LogP contribution in [0.2, 0.25) is 0 Å². The van der Waals surface area contributed by atoms with Gasteiger partial charge < -0.3 is 15.5 Å². The highest BCUT2D eigenvalue weighted by Gasteiger charge is 2.17. The molecule has 2 aromatic heterocycles. The predicted octanol–water partition coefficient (Wildman–Crippen LogP) is 2.98. The number of fused-ring (bicyclic) bond motifs is 1. The molecule has 0 bridgehead atoms. The summed E-state index contributed by atoms with van der Waals surface area (Å²) in [6.07, 6.45) is 4.47. The number of rotatable bonds is 6. The van der Waals surface area contributed by atoms with Gasteiger partial charge in [0.2, 0.25) is 0 Å². The van der Waals surface area contributed by atoms with Crippen molar-refractivity contribution < 1.29 is 15.0 Å². The van der Waals surface area contributed by atoms with Crippen LogP contribution in [0.4, 0.5) is 5.82 Å². The number of benzene rings is 1. The van der Waals surface area contributed by atoms with Gasteiger partial charge in [0.05, 0.1) is 23.9 Å². The molecule has 0 radical (unpaired) electrons. The Bertz CT molecular complexity index is 1110. The van der Waals surface area contributed by atoms with Gasteiger partial charge in [-0.3, -0.25) is 9.48 Å². The molecule has 0 aliphatic carbocycles. The lowest BCUT2D eigenvalue weighted by Gasteiger charge is -2.17. The van der Waals surface area contributed by atoms with Gasteiger partial charge in [-0.2, -0.15) is 5.10 Å². The summed E-state index contributed by atoms with van der Waals surface area (Å²) in [5, 5.41) is 27.3. The lowest BCUT2D eigenvalue weighted by atomic mass is 9.96. The Balaban J connectivity index is 1.45. The van der Waals surface area contributed by atoms with E-state index >= 15 is 0 Å². The first-order valence-corrected chi connectivity index (χ1v) is 10.3. The lowest BCUT2D eigenvalue weighted by molar-refractivity contribution is -0.137. The van der Waals surface area contributed by atoms with Crippen LogP contribution in [0.5, 0.6) is 0 Å². The van der Waals surface area contributed by atoms with Gasteiger partial charge in [-0.05, 0) is 30.0 Å². The average Bonchev–Trinajstić information content (AvgIpc) is 3.24. The zero-order valence-electron chi connectivity index (χ0n) is 17.0. The van der Waals surface area contributed by atoms with Crippen molar-refractivity contribution in [2.75, 3.05) is 11.9 Å². The van der Waals surface area contributed by atoms with Crippen LogP contribution in [-0.2, 0) is 17.8 Å². The molecule has 158 valence electrons. The van der Waals surface area contributed by atoms with E-state index in [2.05, 4.69) is 27.2 Å². The fourth-order valence-corrected chi connectivity index (χ4v) is 3.70. The molecular weight excluding hydrogens is 392 g/mol. The summed E-state index contributed by atoms with van der Waals surface area (Å²) in [5.41, 5.74) is 3.28. The van der Waals surface area contributed by atoms with E-state index in [-0.39, 0.29) is 12.3 Å². The van der Waals surface area contributed by atoms with Crippen molar-refractivity contribution in [2.24, 2.45) is 0 Å². The molecule has 3 N–H and O–H groups in total. The van der Waals surface area contributed by atoms with Crippen LogP contribution in [0.1, 0.15) is 47.2 Å². The number of aliphatic hydroxyl groups excluding tert-OH is 1. The molecule has 31 heavy (non-hydrogen) atoms. The summed E-state index contributed by atoms with van der Waals surface area (Å²) in [7, 11) is 0. The molecule has 0 saturated carbocycles. The van der Waals surface area contributed by atoms with Crippen LogP contribution in [0.25, 0.3) is 0 Å². The second-order valence-electron chi connectivity index (χ2n) is 7.60. The number of aryl methyl sites for hydroxylation is 1. The number of aliphatic hydroxyl groups is 1. The number of carboxylic acid groups (broad SMARTS) is 1. The minimum atomic E-state index is -0.999. The lowest BCUT2D eigenvalue weighted by Crippen LogP contribution is -2.14. The maximum absolute atomic E-state index is 11.3. The quantitative estimate of drug-likeness (QED) is 0.534. The molecule has 1 aliphatic heterocycles. The molecule has 3 heterocycles. The SMILES string of the molecule is O=C(O)CC(Cn1cc(C#CC(O)c2ccc3c(n2)NCCC3)cn1)c1ccccc1. The predicted molar refractivity (Wildman–Crippen MR) is 117 cm³/mol. The summed E-state index contributed by atoms with van der Waals surface area (Å²) < 4.78 is 1.69. The highest BCUT2D eigenvalue weighted by atomic mass is 16.4. The third kappa shape index (κ3) is 5.30. The number of hydrogen-bond acceptors (Lipinski definition) is 5. The first kappa shape index (κ1) is 20.6. The van der Waals surface area contributed by atoms with Crippen molar-refractivity contribution in [3.8, 4) is 11.8 Å². The summed E-state index contributed by atoms with van der Waals surface area (Å²) in [6, 6.07) is 13.3. The van der Waals surface area contributed by atoms with Crippen LogP contribution < -0.4 is 5.32 Å². The number of nitrogens with zero attached hydrogens (tertiary/aromatic N) is 3. The molecule has 2 atom stereocenters. The van der Waals surface area contributed by atoms with Gasteiger partial charge in [-0.25, -0.2) is 4.98 Å². The minimum Gasteiger partial charge on any atom is -0.481 e. The van der Waals surface area contributed by atoms with Gasteiger partial charge >= 0.3 is 5.97 Å². The van der Waals surface area contributed by atoms with Gasteiger partial charge in [0.25, 0.3) is 0 Å².